The number of amides is 3. The average Bonchev–Trinajstić information content (AvgIpc) is 3.57. The Hall–Kier alpha value is -3.13. The van der Waals surface area contributed by atoms with Crippen molar-refractivity contribution in [1.29, 1.82) is 0 Å². The van der Waals surface area contributed by atoms with Gasteiger partial charge in [0.1, 0.15) is 5.25 Å². The Kier molecular flexibility index (Phi) is 5.35. The summed E-state index contributed by atoms with van der Waals surface area (Å²) in [6, 6.07) is 15.9. The molecule has 1 heterocycles. The van der Waals surface area contributed by atoms with E-state index in [1.54, 1.807) is 16.7 Å². The summed E-state index contributed by atoms with van der Waals surface area (Å²) in [5.41, 5.74) is 1.22. The van der Waals surface area contributed by atoms with Gasteiger partial charge in [-0.1, -0.05) is 54.2 Å². The molecule has 0 bridgehead atoms. The largest absolute Gasteiger partial charge is 0.341 e. The summed E-state index contributed by atoms with van der Waals surface area (Å²) in [6.07, 6.45) is 1.82. The van der Waals surface area contributed by atoms with Crippen LogP contribution in [0.3, 0.4) is 0 Å². The first kappa shape index (κ1) is 19.2. The Morgan fingerprint density at radius 2 is 1.79 bits per heavy atom. The number of nitrogens with zero attached hydrogens (tertiary/aromatic N) is 2. The number of hydrogen-bond donors (Lipinski definition) is 2. The molecular weight excluding hydrogens is 388 g/mol. The molecule has 1 aromatic heterocycles. The average molecular weight is 408 g/mol. The number of urea groups is 1. The van der Waals surface area contributed by atoms with Gasteiger partial charge in [0.05, 0.1) is 10.9 Å². The highest BCUT2D eigenvalue weighted by Crippen LogP contribution is 2.40. The fourth-order valence-corrected chi connectivity index (χ4v) is 4.28. The molecular formula is C21H20N4O3S. The van der Waals surface area contributed by atoms with Crippen molar-refractivity contribution in [3.63, 3.8) is 0 Å². The third kappa shape index (κ3) is 4.02. The van der Waals surface area contributed by atoms with E-state index in [2.05, 4.69) is 15.6 Å². The number of hydrogen-bond acceptors (Lipinski definition) is 5. The Morgan fingerprint density at radius 3 is 2.48 bits per heavy atom. The van der Waals surface area contributed by atoms with E-state index in [0.717, 1.165) is 18.4 Å². The smallest absolute Gasteiger partial charge is 0.321 e. The van der Waals surface area contributed by atoms with Gasteiger partial charge in [0, 0.05) is 13.1 Å². The Labute approximate surface area is 171 Å². The van der Waals surface area contributed by atoms with E-state index in [1.165, 1.54) is 18.8 Å². The van der Waals surface area contributed by atoms with Gasteiger partial charge < -0.3 is 5.32 Å². The van der Waals surface area contributed by atoms with Crippen LogP contribution in [-0.2, 0) is 4.79 Å². The highest BCUT2D eigenvalue weighted by molar-refractivity contribution is 8.00. The fourth-order valence-electron chi connectivity index (χ4n) is 3.11. The normalized spacial score (nSPS) is 14.4. The van der Waals surface area contributed by atoms with E-state index < -0.39 is 17.2 Å². The number of carbonyl (C=O) groups is 2. The van der Waals surface area contributed by atoms with Crippen molar-refractivity contribution >= 4 is 34.6 Å². The minimum atomic E-state index is -0.730. The van der Waals surface area contributed by atoms with Gasteiger partial charge in [0.25, 0.3) is 5.56 Å². The van der Waals surface area contributed by atoms with Gasteiger partial charge in [0.2, 0.25) is 5.91 Å². The number of carbonyl (C=O) groups excluding carboxylic acids is 2. The van der Waals surface area contributed by atoms with Gasteiger partial charge in [-0.2, -0.15) is 0 Å². The van der Waals surface area contributed by atoms with E-state index >= 15 is 0 Å². The van der Waals surface area contributed by atoms with Gasteiger partial charge in [-0.25, -0.2) is 9.78 Å². The summed E-state index contributed by atoms with van der Waals surface area (Å²) in [7, 11) is 1.45. The highest BCUT2D eigenvalue weighted by Gasteiger charge is 2.32. The summed E-state index contributed by atoms with van der Waals surface area (Å²) in [5.74, 6) is -0.467. The number of aromatic nitrogens is 2. The first-order valence-corrected chi connectivity index (χ1v) is 10.2. The molecule has 0 saturated heterocycles. The molecule has 1 aliphatic rings. The first-order chi connectivity index (χ1) is 14.1. The predicted octanol–water partition coefficient (Wildman–Crippen LogP) is 3.02. The maximum absolute atomic E-state index is 13.1. The van der Waals surface area contributed by atoms with Crippen LogP contribution in [0.5, 0.6) is 0 Å². The zero-order valence-corrected chi connectivity index (χ0v) is 16.6. The summed E-state index contributed by atoms with van der Waals surface area (Å²) < 4.78 is 1.69. The van der Waals surface area contributed by atoms with Crippen molar-refractivity contribution < 1.29 is 9.59 Å². The van der Waals surface area contributed by atoms with E-state index in [9.17, 15) is 14.4 Å². The quantitative estimate of drug-likeness (QED) is 0.500. The Balaban J connectivity index is 1.78. The summed E-state index contributed by atoms with van der Waals surface area (Å²) >= 11 is 1.19. The molecule has 3 amide bonds. The lowest BCUT2D eigenvalue weighted by Crippen LogP contribution is -2.39. The lowest BCUT2D eigenvalue weighted by Gasteiger charge is -2.19. The first-order valence-electron chi connectivity index (χ1n) is 9.34. The van der Waals surface area contributed by atoms with Crippen LogP contribution in [0.25, 0.3) is 10.9 Å². The van der Waals surface area contributed by atoms with Crippen LogP contribution in [0, 0.1) is 0 Å². The van der Waals surface area contributed by atoms with Gasteiger partial charge in [-0.3, -0.25) is 19.5 Å². The second-order valence-corrected chi connectivity index (χ2v) is 7.87. The van der Waals surface area contributed by atoms with Crippen LogP contribution in [-0.4, -0.2) is 28.5 Å². The Morgan fingerprint density at radius 1 is 1.10 bits per heavy atom. The number of benzene rings is 2. The summed E-state index contributed by atoms with van der Waals surface area (Å²) in [5, 5.41) is 5.05. The van der Waals surface area contributed by atoms with E-state index in [-0.39, 0.29) is 11.6 Å². The fraction of sp³-hybridized carbons (Fsp3) is 0.238. The molecule has 2 N–H and O–H groups in total. The molecule has 29 heavy (non-hydrogen) atoms. The number of thioether (sulfide) groups is 1. The molecule has 0 unspecified atom stereocenters. The summed E-state index contributed by atoms with van der Waals surface area (Å²) in [4.78, 5) is 42.3. The molecule has 4 rings (SSSR count). The zero-order chi connectivity index (χ0) is 20.4. The number of imide groups is 1. The molecule has 1 aliphatic carbocycles. The predicted molar refractivity (Wildman–Crippen MR) is 112 cm³/mol. The van der Waals surface area contributed by atoms with Crippen molar-refractivity contribution in [3.05, 3.63) is 70.5 Å². The summed E-state index contributed by atoms with van der Waals surface area (Å²) in [6.45, 7) is 0. The third-order valence-electron chi connectivity index (χ3n) is 4.71. The molecule has 148 valence electrons. The molecule has 7 nitrogen and oxygen atoms in total. The second-order valence-electron chi connectivity index (χ2n) is 6.79. The molecule has 2 aromatic carbocycles. The molecule has 0 spiro atoms. The van der Waals surface area contributed by atoms with E-state index in [4.69, 9.17) is 0 Å². The molecule has 3 aromatic rings. The molecule has 1 atom stereocenters. The maximum atomic E-state index is 13.1. The van der Waals surface area contributed by atoms with Gasteiger partial charge in [-0.05, 0) is 30.5 Å². The molecule has 0 aliphatic heterocycles. The van der Waals surface area contributed by atoms with Crippen molar-refractivity contribution in [2.75, 3.05) is 7.05 Å². The minimum Gasteiger partial charge on any atom is -0.341 e. The third-order valence-corrected chi connectivity index (χ3v) is 5.94. The monoisotopic (exact) mass is 408 g/mol. The number of para-hydroxylation sites is 1. The highest BCUT2D eigenvalue weighted by atomic mass is 32.2. The minimum absolute atomic E-state index is 0.0977. The number of rotatable bonds is 5. The van der Waals surface area contributed by atoms with Crippen LogP contribution in [0.4, 0.5) is 4.79 Å². The van der Waals surface area contributed by atoms with Gasteiger partial charge >= 0.3 is 6.03 Å². The SMILES string of the molecule is CNC(=O)NC(=O)[C@H](Sc1nc2ccccc2c(=O)n1C1CC1)c1ccccc1. The van der Waals surface area contributed by atoms with Gasteiger partial charge in [0.15, 0.2) is 5.16 Å². The lowest BCUT2D eigenvalue weighted by atomic mass is 10.1. The number of nitrogens with one attached hydrogen (secondary N) is 2. The van der Waals surface area contributed by atoms with Crippen LogP contribution in [0.2, 0.25) is 0 Å². The van der Waals surface area contributed by atoms with Crippen molar-refractivity contribution in [2.24, 2.45) is 0 Å². The van der Waals surface area contributed by atoms with E-state index in [0.29, 0.717) is 16.1 Å². The van der Waals surface area contributed by atoms with Crippen LogP contribution >= 0.6 is 11.8 Å². The molecule has 0 radical (unpaired) electrons. The number of fused-ring (bicyclic) bond motifs is 1. The topological polar surface area (TPSA) is 93.1 Å². The molecule has 1 saturated carbocycles. The standard InChI is InChI=1S/C21H20N4O3S/c1-22-20(28)24-18(26)17(13-7-3-2-4-8-13)29-21-23-16-10-6-5-9-15(16)19(27)25(21)14-11-12-14/h2-10,14,17H,11-12H2,1H3,(H2,22,24,26,28)/t17-/m1/s1. The van der Waals surface area contributed by atoms with Gasteiger partial charge in [-0.15, -0.1) is 0 Å². The van der Waals surface area contributed by atoms with E-state index in [1.807, 2.05) is 42.5 Å². The second kappa shape index (κ2) is 8.08. The van der Waals surface area contributed by atoms with Crippen molar-refractivity contribution in [3.8, 4) is 0 Å². The van der Waals surface area contributed by atoms with Crippen molar-refractivity contribution in [1.82, 2.24) is 20.2 Å². The maximum Gasteiger partial charge on any atom is 0.321 e. The van der Waals surface area contributed by atoms with Crippen LogP contribution < -0.4 is 16.2 Å². The van der Waals surface area contributed by atoms with Crippen LogP contribution in [0.15, 0.2) is 64.5 Å². The van der Waals surface area contributed by atoms with Crippen LogP contribution in [0.1, 0.15) is 29.7 Å². The lowest BCUT2D eigenvalue weighted by molar-refractivity contribution is -0.119. The Bertz CT molecular complexity index is 1130. The van der Waals surface area contributed by atoms with Crippen molar-refractivity contribution in [2.45, 2.75) is 29.3 Å². The zero-order valence-electron chi connectivity index (χ0n) is 15.8. The molecule has 1 fully saturated rings. The molecule has 8 heteroatoms.